The first-order valence-electron chi connectivity index (χ1n) is 7.99. The van der Waals surface area contributed by atoms with Crippen molar-refractivity contribution in [3.05, 3.63) is 76.2 Å². The lowest BCUT2D eigenvalue weighted by Crippen LogP contribution is -2.12. The molecule has 6 nitrogen and oxygen atoms in total. The third-order valence-electron chi connectivity index (χ3n) is 3.82. The van der Waals surface area contributed by atoms with Crippen molar-refractivity contribution in [3.63, 3.8) is 0 Å². The quantitative estimate of drug-likeness (QED) is 0.639. The number of Topliss-reactive ketones (excluding diaryl/α,β-unsaturated/α-hetero) is 1. The Kier molecular flexibility index (Phi) is 5.48. The molecule has 138 valence electrons. The molecule has 1 aromatic heterocycles. The molecule has 0 atom stereocenters. The van der Waals surface area contributed by atoms with Gasteiger partial charge >= 0.3 is 0 Å². The molecule has 27 heavy (non-hydrogen) atoms. The molecule has 0 aliphatic heterocycles. The van der Waals surface area contributed by atoms with Crippen LogP contribution in [0.25, 0.3) is 0 Å². The van der Waals surface area contributed by atoms with E-state index in [9.17, 15) is 18.0 Å². The number of sulfone groups is 1. The predicted octanol–water partition coefficient (Wildman–Crippen LogP) is 3.57. The highest BCUT2D eigenvalue weighted by molar-refractivity contribution is 7.90. The Balaban J connectivity index is 1.70. The molecular weight excluding hydrogens is 384 g/mol. The molecule has 2 aromatic carbocycles. The Hall–Kier alpha value is -2.84. The van der Waals surface area contributed by atoms with Gasteiger partial charge in [-0.2, -0.15) is 0 Å². The maximum absolute atomic E-state index is 12.4. The van der Waals surface area contributed by atoms with Gasteiger partial charge in [0.1, 0.15) is 10.8 Å². The zero-order valence-electron chi connectivity index (χ0n) is 14.4. The summed E-state index contributed by atoms with van der Waals surface area (Å²) in [5.41, 5.74) is 1.41. The van der Waals surface area contributed by atoms with Crippen molar-refractivity contribution in [3.8, 4) is 0 Å². The Labute approximate surface area is 160 Å². The van der Waals surface area contributed by atoms with Crippen molar-refractivity contribution in [2.45, 2.75) is 17.6 Å². The second-order valence-electron chi connectivity index (χ2n) is 5.80. The standard InChI is InChI=1S/C19H16N2O4S2/c1-13(22)14-2-4-15(5-3-14)19(23)21-16-6-8-17(9-7-16)27(24,25)12-18-20-10-11-26-18/h2-11H,12H2,1H3,(H,21,23). The van der Waals surface area contributed by atoms with Crippen LogP contribution in [0.15, 0.2) is 65.0 Å². The molecule has 0 unspecified atom stereocenters. The highest BCUT2D eigenvalue weighted by Crippen LogP contribution is 2.20. The van der Waals surface area contributed by atoms with E-state index in [1.54, 1.807) is 35.8 Å². The molecular formula is C19H16N2O4S2. The molecule has 8 heteroatoms. The number of hydrogen-bond acceptors (Lipinski definition) is 6. The Bertz CT molecular complexity index is 1060. The fraction of sp³-hybridized carbons (Fsp3) is 0.105. The van der Waals surface area contributed by atoms with E-state index in [1.807, 2.05) is 0 Å². The smallest absolute Gasteiger partial charge is 0.255 e. The molecule has 1 N–H and O–H groups in total. The highest BCUT2D eigenvalue weighted by atomic mass is 32.2. The minimum atomic E-state index is -3.49. The van der Waals surface area contributed by atoms with E-state index < -0.39 is 9.84 Å². The minimum Gasteiger partial charge on any atom is -0.322 e. The lowest BCUT2D eigenvalue weighted by molar-refractivity contribution is 0.101. The predicted molar refractivity (Wildman–Crippen MR) is 104 cm³/mol. The molecule has 1 heterocycles. The van der Waals surface area contributed by atoms with Gasteiger partial charge in [-0.15, -0.1) is 11.3 Å². The van der Waals surface area contributed by atoms with Crippen LogP contribution in [0.1, 0.15) is 32.6 Å². The number of thiazole rings is 1. The van der Waals surface area contributed by atoms with Crippen molar-refractivity contribution in [1.29, 1.82) is 0 Å². The van der Waals surface area contributed by atoms with Crippen LogP contribution in [-0.2, 0) is 15.6 Å². The van der Waals surface area contributed by atoms with Gasteiger partial charge in [-0.25, -0.2) is 13.4 Å². The molecule has 0 saturated carbocycles. The van der Waals surface area contributed by atoms with Gasteiger partial charge in [0.25, 0.3) is 5.91 Å². The summed E-state index contributed by atoms with van der Waals surface area (Å²) < 4.78 is 24.8. The summed E-state index contributed by atoms with van der Waals surface area (Å²) in [5, 5.41) is 4.96. The van der Waals surface area contributed by atoms with Gasteiger partial charge < -0.3 is 5.32 Å². The zero-order valence-corrected chi connectivity index (χ0v) is 16.0. The molecule has 3 aromatic rings. The summed E-state index contributed by atoms with van der Waals surface area (Å²) in [6.07, 6.45) is 1.57. The summed E-state index contributed by atoms with van der Waals surface area (Å²) in [4.78, 5) is 27.7. The summed E-state index contributed by atoms with van der Waals surface area (Å²) in [5.74, 6) is -0.571. The van der Waals surface area contributed by atoms with Gasteiger partial charge in [0.15, 0.2) is 15.6 Å². The van der Waals surface area contributed by atoms with Crippen molar-refractivity contribution < 1.29 is 18.0 Å². The van der Waals surface area contributed by atoms with Crippen molar-refractivity contribution in [1.82, 2.24) is 4.98 Å². The minimum absolute atomic E-state index is 0.0727. The number of ketones is 1. The monoisotopic (exact) mass is 400 g/mol. The molecule has 0 aliphatic rings. The highest BCUT2D eigenvalue weighted by Gasteiger charge is 2.17. The Morgan fingerprint density at radius 3 is 2.19 bits per heavy atom. The van der Waals surface area contributed by atoms with E-state index in [-0.39, 0.29) is 22.3 Å². The number of nitrogens with zero attached hydrogens (tertiary/aromatic N) is 1. The van der Waals surface area contributed by atoms with Crippen LogP contribution in [-0.4, -0.2) is 25.1 Å². The SMILES string of the molecule is CC(=O)c1ccc(C(=O)Nc2ccc(S(=O)(=O)Cc3nccs3)cc2)cc1. The number of hydrogen-bond donors (Lipinski definition) is 1. The van der Waals surface area contributed by atoms with E-state index in [0.717, 1.165) is 0 Å². The van der Waals surface area contributed by atoms with Gasteiger partial charge in [0.05, 0.1) is 4.90 Å². The first kappa shape index (κ1) is 18.9. The molecule has 0 bridgehead atoms. The summed E-state index contributed by atoms with van der Waals surface area (Å²) >= 11 is 1.29. The number of aromatic nitrogens is 1. The number of carbonyl (C=O) groups excluding carboxylic acids is 2. The van der Waals surface area contributed by atoms with Crippen LogP contribution in [0.2, 0.25) is 0 Å². The van der Waals surface area contributed by atoms with Crippen LogP contribution >= 0.6 is 11.3 Å². The normalized spacial score (nSPS) is 11.1. The van der Waals surface area contributed by atoms with Crippen LogP contribution in [0.4, 0.5) is 5.69 Å². The van der Waals surface area contributed by atoms with Crippen molar-refractivity contribution in [2.75, 3.05) is 5.32 Å². The van der Waals surface area contributed by atoms with Gasteiger partial charge in [-0.05, 0) is 43.3 Å². The second-order valence-corrected chi connectivity index (χ2v) is 8.77. The molecule has 3 rings (SSSR count). The first-order valence-corrected chi connectivity index (χ1v) is 10.5. The molecule has 0 spiro atoms. The topological polar surface area (TPSA) is 93.2 Å². The van der Waals surface area contributed by atoms with Crippen LogP contribution < -0.4 is 5.32 Å². The number of rotatable bonds is 6. The maximum atomic E-state index is 12.4. The van der Waals surface area contributed by atoms with Gasteiger partial charge in [0, 0.05) is 28.4 Å². The fourth-order valence-electron chi connectivity index (χ4n) is 2.38. The van der Waals surface area contributed by atoms with Crippen LogP contribution in [0.3, 0.4) is 0 Å². The average Bonchev–Trinajstić information content (AvgIpc) is 3.14. The number of anilines is 1. The fourth-order valence-corrected chi connectivity index (χ4v) is 4.63. The Morgan fingerprint density at radius 1 is 1.00 bits per heavy atom. The van der Waals surface area contributed by atoms with Crippen molar-refractivity contribution >= 4 is 38.6 Å². The molecule has 0 saturated heterocycles. The van der Waals surface area contributed by atoms with Gasteiger partial charge in [-0.3, -0.25) is 9.59 Å². The first-order chi connectivity index (χ1) is 12.8. The third kappa shape index (κ3) is 4.66. The van der Waals surface area contributed by atoms with E-state index in [4.69, 9.17) is 0 Å². The lowest BCUT2D eigenvalue weighted by atomic mass is 10.1. The summed E-state index contributed by atoms with van der Waals surface area (Å²) in [6, 6.07) is 12.3. The van der Waals surface area contributed by atoms with Crippen LogP contribution in [0, 0.1) is 0 Å². The molecule has 0 fully saturated rings. The average molecular weight is 400 g/mol. The van der Waals surface area contributed by atoms with Crippen LogP contribution in [0.5, 0.6) is 0 Å². The number of amides is 1. The van der Waals surface area contributed by atoms with Crippen molar-refractivity contribution in [2.24, 2.45) is 0 Å². The lowest BCUT2D eigenvalue weighted by Gasteiger charge is -2.07. The van der Waals surface area contributed by atoms with E-state index in [2.05, 4.69) is 10.3 Å². The Morgan fingerprint density at radius 2 is 1.63 bits per heavy atom. The number of benzene rings is 2. The van der Waals surface area contributed by atoms with E-state index in [1.165, 1.54) is 42.5 Å². The molecule has 0 radical (unpaired) electrons. The van der Waals surface area contributed by atoms with Gasteiger partial charge in [-0.1, -0.05) is 12.1 Å². The summed E-state index contributed by atoms with van der Waals surface area (Å²) in [6.45, 7) is 1.46. The molecule has 1 amide bonds. The summed E-state index contributed by atoms with van der Waals surface area (Å²) in [7, 11) is -3.49. The van der Waals surface area contributed by atoms with Gasteiger partial charge in [0.2, 0.25) is 0 Å². The second kappa shape index (κ2) is 7.81. The van der Waals surface area contributed by atoms with E-state index in [0.29, 0.717) is 21.8 Å². The largest absolute Gasteiger partial charge is 0.322 e. The number of nitrogens with one attached hydrogen (secondary N) is 1. The maximum Gasteiger partial charge on any atom is 0.255 e. The van der Waals surface area contributed by atoms with E-state index >= 15 is 0 Å². The third-order valence-corrected chi connectivity index (χ3v) is 6.43. The zero-order chi connectivity index (χ0) is 19.4. The molecule has 0 aliphatic carbocycles. The number of carbonyl (C=O) groups is 2.